The van der Waals surface area contributed by atoms with Gasteiger partial charge in [-0.25, -0.2) is 4.98 Å². The van der Waals surface area contributed by atoms with E-state index in [1.54, 1.807) is 24.0 Å². The number of hydrogen-bond acceptors (Lipinski definition) is 4. The molecule has 0 amide bonds. The van der Waals surface area contributed by atoms with Crippen molar-refractivity contribution in [2.45, 2.75) is 18.4 Å². The first kappa shape index (κ1) is 11.2. The minimum Gasteiger partial charge on any atom is -0.396 e. The van der Waals surface area contributed by atoms with Crippen molar-refractivity contribution in [1.82, 2.24) is 4.98 Å². The Morgan fingerprint density at radius 2 is 2.36 bits per heavy atom. The first-order valence-corrected chi connectivity index (χ1v) is 5.43. The SMILES string of the molecule is CC(=O)c1ccc(SCCCO)nc1. The van der Waals surface area contributed by atoms with E-state index in [1.165, 1.54) is 6.92 Å². The third-order valence-electron chi connectivity index (χ3n) is 1.70. The molecule has 0 saturated heterocycles. The van der Waals surface area contributed by atoms with Crippen LogP contribution in [0.4, 0.5) is 0 Å². The van der Waals surface area contributed by atoms with E-state index in [1.807, 2.05) is 6.07 Å². The van der Waals surface area contributed by atoms with Gasteiger partial charge in [0.25, 0.3) is 0 Å². The second kappa shape index (κ2) is 5.78. The van der Waals surface area contributed by atoms with Gasteiger partial charge in [-0.2, -0.15) is 0 Å². The Kier molecular flexibility index (Phi) is 4.62. The zero-order chi connectivity index (χ0) is 10.4. The van der Waals surface area contributed by atoms with Crippen molar-refractivity contribution in [2.24, 2.45) is 0 Å². The van der Waals surface area contributed by atoms with Gasteiger partial charge in [0.05, 0.1) is 5.03 Å². The summed E-state index contributed by atoms with van der Waals surface area (Å²) < 4.78 is 0. The summed E-state index contributed by atoms with van der Waals surface area (Å²) in [6, 6.07) is 3.61. The Bertz CT molecular complexity index is 297. The molecular formula is C10H13NO2S. The molecule has 1 N–H and O–H groups in total. The van der Waals surface area contributed by atoms with Gasteiger partial charge in [-0.3, -0.25) is 4.79 Å². The standard InChI is InChI=1S/C10H13NO2S/c1-8(13)9-3-4-10(11-7-9)14-6-2-5-12/h3-4,7,12H,2,5-6H2,1H3. The average Bonchev–Trinajstić information content (AvgIpc) is 2.19. The molecular weight excluding hydrogens is 198 g/mol. The fraction of sp³-hybridized carbons (Fsp3) is 0.400. The number of rotatable bonds is 5. The first-order valence-electron chi connectivity index (χ1n) is 4.44. The highest BCUT2D eigenvalue weighted by Crippen LogP contribution is 2.15. The smallest absolute Gasteiger partial charge is 0.161 e. The number of carbonyl (C=O) groups excluding carboxylic acids is 1. The molecule has 76 valence electrons. The van der Waals surface area contributed by atoms with Crippen molar-refractivity contribution in [3.63, 3.8) is 0 Å². The highest BCUT2D eigenvalue weighted by atomic mass is 32.2. The predicted molar refractivity (Wildman–Crippen MR) is 56.7 cm³/mol. The van der Waals surface area contributed by atoms with Crippen LogP contribution in [-0.4, -0.2) is 28.2 Å². The zero-order valence-electron chi connectivity index (χ0n) is 8.06. The number of aliphatic hydroxyl groups is 1. The second-order valence-electron chi connectivity index (χ2n) is 2.87. The number of Topliss-reactive ketones (excluding diaryl/α,β-unsaturated/α-hetero) is 1. The maximum absolute atomic E-state index is 10.9. The largest absolute Gasteiger partial charge is 0.396 e. The number of ketones is 1. The normalized spacial score (nSPS) is 10.1. The molecule has 1 aromatic rings. The molecule has 3 nitrogen and oxygen atoms in total. The van der Waals surface area contributed by atoms with Gasteiger partial charge in [0.15, 0.2) is 5.78 Å². The summed E-state index contributed by atoms with van der Waals surface area (Å²) in [7, 11) is 0. The molecule has 1 heterocycles. The van der Waals surface area contributed by atoms with Crippen LogP contribution in [0.25, 0.3) is 0 Å². The van der Waals surface area contributed by atoms with Crippen molar-refractivity contribution in [2.75, 3.05) is 12.4 Å². The summed E-state index contributed by atoms with van der Waals surface area (Å²) in [4.78, 5) is 15.1. The molecule has 14 heavy (non-hydrogen) atoms. The molecule has 0 aliphatic heterocycles. The van der Waals surface area contributed by atoms with Crippen molar-refractivity contribution in [3.8, 4) is 0 Å². The van der Waals surface area contributed by atoms with Crippen LogP contribution in [0.1, 0.15) is 23.7 Å². The summed E-state index contributed by atoms with van der Waals surface area (Å²) in [5, 5.41) is 9.47. The fourth-order valence-electron chi connectivity index (χ4n) is 0.915. The van der Waals surface area contributed by atoms with Crippen molar-refractivity contribution < 1.29 is 9.90 Å². The summed E-state index contributed by atoms with van der Waals surface area (Å²) in [5.74, 6) is 0.882. The van der Waals surface area contributed by atoms with Gasteiger partial charge < -0.3 is 5.11 Å². The summed E-state index contributed by atoms with van der Waals surface area (Å²) >= 11 is 1.58. The summed E-state index contributed by atoms with van der Waals surface area (Å²) in [6.07, 6.45) is 2.35. The maximum Gasteiger partial charge on any atom is 0.161 e. The van der Waals surface area contributed by atoms with Crippen LogP contribution >= 0.6 is 11.8 Å². The van der Waals surface area contributed by atoms with Crippen LogP contribution in [0, 0.1) is 0 Å². The Morgan fingerprint density at radius 3 is 2.86 bits per heavy atom. The van der Waals surface area contributed by atoms with Crippen molar-refractivity contribution in [3.05, 3.63) is 23.9 Å². The highest BCUT2D eigenvalue weighted by molar-refractivity contribution is 7.99. The van der Waals surface area contributed by atoms with Crippen molar-refractivity contribution >= 4 is 17.5 Å². The lowest BCUT2D eigenvalue weighted by Crippen LogP contribution is -1.93. The van der Waals surface area contributed by atoms with Crippen LogP contribution < -0.4 is 0 Å². The van der Waals surface area contributed by atoms with E-state index >= 15 is 0 Å². The minimum absolute atomic E-state index is 0.0319. The minimum atomic E-state index is 0.0319. The van der Waals surface area contributed by atoms with Gasteiger partial charge in [0.1, 0.15) is 0 Å². The third kappa shape index (κ3) is 3.47. The second-order valence-corrected chi connectivity index (χ2v) is 3.98. The van der Waals surface area contributed by atoms with Gasteiger partial charge in [-0.1, -0.05) is 0 Å². The third-order valence-corrected chi connectivity index (χ3v) is 2.73. The molecule has 0 bridgehead atoms. The summed E-state index contributed by atoms with van der Waals surface area (Å²) in [5.41, 5.74) is 0.636. The molecule has 0 aliphatic carbocycles. The lowest BCUT2D eigenvalue weighted by atomic mass is 10.2. The molecule has 0 aromatic carbocycles. The number of aliphatic hydroxyl groups excluding tert-OH is 1. The topological polar surface area (TPSA) is 50.2 Å². The van der Waals surface area contributed by atoms with Gasteiger partial charge in [0.2, 0.25) is 0 Å². The van der Waals surface area contributed by atoms with Gasteiger partial charge >= 0.3 is 0 Å². The van der Waals surface area contributed by atoms with Gasteiger partial charge in [-0.15, -0.1) is 11.8 Å². The van der Waals surface area contributed by atoms with E-state index in [2.05, 4.69) is 4.98 Å². The number of pyridine rings is 1. The Hall–Kier alpha value is -0.870. The van der Waals surface area contributed by atoms with E-state index in [9.17, 15) is 4.79 Å². The highest BCUT2D eigenvalue weighted by Gasteiger charge is 2.00. The van der Waals surface area contributed by atoms with Crippen LogP contribution in [0.2, 0.25) is 0 Å². The summed E-state index contributed by atoms with van der Waals surface area (Å²) in [6.45, 7) is 1.73. The molecule has 0 aliphatic rings. The van der Waals surface area contributed by atoms with Crippen LogP contribution in [-0.2, 0) is 0 Å². The van der Waals surface area contributed by atoms with Gasteiger partial charge in [0, 0.05) is 24.1 Å². The molecule has 4 heteroatoms. The average molecular weight is 211 g/mol. The number of aromatic nitrogens is 1. The number of thioether (sulfide) groups is 1. The molecule has 1 rings (SSSR count). The predicted octanol–water partition coefficient (Wildman–Crippen LogP) is 1.76. The fourth-order valence-corrected chi connectivity index (χ4v) is 1.69. The van der Waals surface area contributed by atoms with E-state index in [0.717, 1.165) is 17.2 Å². The zero-order valence-corrected chi connectivity index (χ0v) is 8.88. The molecule has 0 spiro atoms. The molecule has 0 unspecified atom stereocenters. The van der Waals surface area contributed by atoms with E-state index in [-0.39, 0.29) is 12.4 Å². The maximum atomic E-state index is 10.9. The number of nitrogens with zero attached hydrogens (tertiary/aromatic N) is 1. The number of hydrogen-bond donors (Lipinski definition) is 1. The lowest BCUT2D eigenvalue weighted by Gasteiger charge is -1.99. The Balaban J connectivity index is 2.51. The molecule has 0 saturated carbocycles. The quantitative estimate of drug-likeness (QED) is 0.458. The molecule has 1 aromatic heterocycles. The van der Waals surface area contributed by atoms with E-state index < -0.39 is 0 Å². The molecule has 0 fully saturated rings. The van der Waals surface area contributed by atoms with Crippen LogP contribution in [0.3, 0.4) is 0 Å². The van der Waals surface area contributed by atoms with Crippen LogP contribution in [0.5, 0.6) is 0 Å². The Morgan fingerprint density at radius 1 is 1.57 bits per heavy atom. The molecule has 0 atom stereocenters. The monoisotopic (exact) mass is 211 g/mol. The van der Waals surface area contributed by atoms with Crippen LogP contribution in [0.15, 0.2) is 23.4 Å². The Labute approximate surface area is 87.6 Å². The van der Waals surface area contributed by atoms with E-state index in [0.29, 0.717) is 5.56 Å². The van der Waals surface area contributed by atoms with Gasteiger partial charge in [-0.05, 0) is 25.5 Å². The molecule has 0 radical (unpaired) electrons. The first-order chi connectivity index (χ1) is 6.74. The van der Waals surface area contributed by atoms with Crippen molar-refractivity contribution in [1.29, 1.82) is 0 Å². The number of carbonyl (C=O) groups is 1. The lowest BCUT2D eigenvalue weighted by molar-refractivity contribution is 0.101. The van der Waals surface area contributed by atoms with E-state index in [4.69, 9.17) is 5.11 Å².